The van der Waals surface area contributed by atoms with E-state index in [4.69, 9.17) is 10.5 Å². The van der Waals surface area contributed by atoms with E-state index in [1.807, 2.05) is 6.07 Å². The average Bonchev–Trinajstić information content (AvgIpc) is 2.28. The van der Waals surface area contributed by atoms with E-state index in [-0.39, 0.29) is 34.3 Å². The standard InChI is InChI=1S/C10H6BrF2N3/c11-4-8-7(10(12)13)3-6(5-15)16-9(8)1-2-14/h3,10H,1,4H2. The summed E-state index contributed by atoms with van der Waals surface area (Å²) in [6, 6.07) is 4.60. The molecule has 0 aliphatic heterocycles. The van der Waals surface area contributed by atoms with Crippen LogP contribution in [0.1, 0.15) is 28.9 Å². The Kier molecular flexibility index (Phi) is 4.33. The Hall–Kier alpha value is -1.53. The SMILES string of the molecule is N#CCc1nc(C#N)cc(C(F)F)c1CBr. The zero-order valence-corrected chi connectivity index (χ0v) is 9.63. The third kappa shape index (κ3) is 2.53. The molecule has 0 bridgehead atoms. The zero-order chi connectivity index (χ0) is 12.1. The molecule has 82 valence electrons. The van der Waals surface area contributed by atoms with Crippen LogP contribution in [0.2, 0.25) is 0 Å². The summed E-state index contributed by atoms with van der Waals surface area (Å²) in [6.45, 7) is 0. The van der Waals surface area contributed by atoms with Gasteiger partial charge < -0.3 is 0 Å². The number of hydrogen-bond acceptors (Lipinski definition) is 3. The number of pyridine rings is 1. The lowest BCUT2D eigenvalue weighted by Gasteiger charge is -2.10. The predicted molar refractivity (Wildman–Crippen MR) is 55.9 cm³/mol. The zero-order valence-electron chi connectivity index (χ0n) is 8.04. The van der Waals surface area contributed by atoms with Crippen molar-refractivity contribution in [1.82, 2.24) is 4.98 Å². The number of hydrogen-bond donors (Lipinski definition) is 0. The van der Waals surface area contributed by atoms with Crippen LogP contribution in [0.4, 0.5) is 8.78 Å². The van der Waals surface area contributed by atoms with Crippen LogP contribution in [-0.2, 0) is 11.8 Å². The molecule has 0 aliphatic carbocycles. The first-order valence-electron chi connectivity index (χ1n) is 4.27. The Bertz CT molecular complexity index is 474. The Balaban J connectivity index is 3.42. The first-order chi connectivity index (χ1) is 7.63. The maximum absolute atomic E-state index is 12.7. The van der Waals surface area contributed by atoms with Crippen LogP contribution in [0.3, 0.4) is 0 Å². The van der Waals surface area contributed by atoms with Gasteiger partial charge in [-0.1, -0.05) is 15.9 Å². The highest BCUT2D eigenvalue weighted by molar-refractivity contribution is 9.08. The monoisotopic (exact) mass is 285 g/mol. The van der Waals surface area contributed by atoms with E-state index in [9.17, 15) is 8.78 Å². The molecule has 1 heterocycles. The summed E-state index contributed by atoms with van der Waals surface area (Å²) in [6.07, 6.45) is -2.77. The summed E-state index contributed by atoms with van der Waals surface area (Å²) < 4.78 is 25.4. The van der Waals surface area contributed by atoms with Crippen molar-refractivity contribution in [2.45, 2.75) is 18.2 Å². The van der Waals surface area contributed by atoms with Gasteiger partial charge in [0.15, 0.2) is 0 Å². The minimum atomic E-state index is -2.68. The molecular formula is C10H6BrF2N3. The highest BCUT2D eigenvalue weighted by Crippen LogP contribution is 2.27. The normalized spacial score (nSPS) is 9.88. The molecule has 3 nitrogen and oxygen atoms in total. The molecule has 6 heteroatoms. The minimum absolute atomic E-state index is 0.0871. The lowest BCUT2D eigenvalue weighted by atomic mass is 10.1. The lowest BCUT2D eigenvalue weighted by molar-refractivity contribution is 0.150. The van der Waals surface area contributed by atoms with Gasteiger partial charge >= 0.3 is 0 Å². The molecule has 0 atom stereocenters. The van der Waals surface area contributed by atoms with Gasteiger partial charge in [0, 0.05) is 10.9 Å². The maximum Gasteiger partial charge on any atom is 0.264 e. The summed E-state index contributed by atoms with van der Waals surface area (Å²) in [5.41, 5.74) is 0.184. The number of aromatic nitrogens is 1. The van der Waals surface area contributed by atoms with Crippen molar-refractivity contribution in [3.63, 3.8) is 0 Å². The van der Waals surface area contributed by atoms with Crippen LogP contribution in [0.5, 0.6) is 0 Å². The van der Waals surface area contributed by atoms with E-state index >= 15 is 0 Å². The van der Waals surface area contributed by atoms with Crippen molar-refractivity contribution in [1.29, 1.82) is 10.5 Å². The molecule has 0 aromatic carbocycles. The number of alkyl halides is 3. The smallest absolute Gasteiger partial charge is 0.241 e. The van der Waals surface area contributed by atoms with E-state index < -0.39 is 6.43 Å². The molecule has 0 radical (unpaired) electrons. The second kappa shape index (κ2) is 5.53. The van der Waals surface area contributed by atoms with Gasteiger partial charge in [-0.2, -0.15) is 10.5 Å². The van der Waals surface area contributed by atoms with E-state index in [0.717, 1.165) is 6.07 Å². The quantitative estimate of drug-likeness (QED) is 0.803. The van der Waals surface area contributed by atoms with Crippen LogP contribution >= 0.6 is 15.9 Å². The van der Waals surface area contributed by atoms with Crippen LogP contribution in [-0.4, -0.2) is 4.98 Å². The van der Waals surface area contributed by atoms with Gasteiger partial charge in [-0.15, -0.1) is 0 Å². The molecule has 0 amide bonds. The second-order valence-electron chi connectivity index (χ2n) is 2.90. The lowest BCUT2D eigenvalue weighted by Crippen LogP contribution is -2.04. The van der Waals surface area contributed by atoms with E-state index in [2.05, 4.69) is 20.9 Å². The van der Waals surface area contributed by atoms with Gasteiger partial charge in [0.2, 0.25) is 0 Å². The summed E-state index contributed by atoms with van der Waals surface area (Å²) in [7, 11) is 0. The van der Waals surface area contributed by atoms with Gasteiger partial charge in [0.1, 0.15) is 11.8 Å². The summed E-state index contributed by atoms with van der Waals surface area (Å²) >= 11 is 3.08. The minimum Gasteiger partial charge on any atom is -0.241 e. The molecule has 16 heavy (non-hydrogen) atoms. The van der Waals surface area contributed by atoms with Crippen LogP contribution in [0.25, 0.3) is 0 Å². The Morgan fingerprint density at radius 3 is 2.56 bits per heavy atom. The molecule has 0 unspecified atom stereocenters. The van der Waals surface area contributed by atoms with Crippen LogP contribution < -0.4 is 0 Å². The highest BCUT2D eigenvalue weighted by atomic mass is 79.9. The van der Waals surface area contributed by atoms with E-state index in [0.29, 0.717) is 0 Å². The molecule has 1 aromatic rings. The van der Waals surface area contributed by atoms with Gasteiger partial charge in [0.05, 0.1) is 18.2 Å². The highest BCUT2D eigenvalue weighted by Gasteiger charge is 2.18. The Morgan fingerprint density at radius 2 is 2.12 bits per heavy atom. The Morgan fingerprint density at radius 1 is 1.44 bits per heavy atom. The number of rotatable bonds is 3. The molecule has 1 rings (SSSR count). The summed E-state index contributed by atoms with van der Waals surface area (Å²) in [5, 5.41) is 17.4. The fourth-order valence-corrected chi connectivity index (χ4v) is 1.92. The molecular weight excluding hydrogens is 280 g/mol. The van der Waals surface area contributed by atoms with Gasteiger partial charge in [0.25, 0.3) is 6.43 Å². The average molecular weight is 286 g/mol. The molecule has 0 saturated heterocycles. The van der Waals surface area contributed by atoms with Crippen molar-refractivity contribution in [2.75, 3.05) is 0 Å². The topological polar surface area (TPSA) is 60.5 Å². The van der Waals surface area contributed by atoms with E-state index in [1.165, 1.54) is 0 Å². The summed E-state index contributed by atoms with van der Waals surface area (Å²) in [5.74, 6) is 0. The van der Waals surface area contributed by atoms with Gasteiger partial charge in [-0.25, -0.2) is 13.8 Å². The van der Waals surface area contributed by atoms with Crippen molar-refractivity contribution in [3.05, 3.63) is 28.6 Å². The molecule has 0 spiro atoms. The first-order valence-corrected chi connectivity index (χ1v) is 5.40. The van der Waals surface area contributed by atoms with Crippen molar-refractivity contribution in [2.24, 2.45) is 0 Å². The number of nitrogens with zero attached hydrogens (tertiary/aromatic N) is 3. The summed E-state index contributed by atoms with van der Waals surface area (Å²) in [4.78, 5) is 3.85. The molecule has 0 fully saturated rings. The van der Waals surface area contributed by atoms with Crippen molar-refractivity contribution >= 4 is 15.9 Å². The van der Waals surface area contributed by atoms with Crippen molar-refractivity contribution in [3.8, 4) is 12.1 Å². The Labute approximate surface area is 99.5 Å². The molecule has 1 aromatic heterocycles. The van der Waals surface area contributed by atoms with Gasteiger partial charge in [-0.05, 0) is 11.6 Å². The van der Waals surface area contributed by atoms with E-state index in [1.54, 1.807) is 6.07 Å². The van der Waals surface area contributed by atoms with Crippen LogP contribution in [0.15, 0.2) is 6.07 Å². The molecule has 0 saturated carbocycles. The number of nitriles is 2. The fourth-order valence-electron chi connectivity index (χ4n) is 1.27. The second-order valence-corrected chi connectivity index (χ2v) is 3.46. The largest absolute Gasteiger partial charge is 0.264 e. The van der Waals surface area contributed by atoms with Crippen LogP contribution in [0, 0.1) is 22.7 Å². The van der Waals surface area contributed by atoms with Crippen molar-refractivity contribution < 1.29 is 8.78 Å². The third-order valence-corrected chi connectivity index (χ3v) is 2.53. The first kappa shape index (κ1) is 12.5. The van der Waals surface area contributed by atoms with Gasteiger partial charge in [-0.3, -0.25) is 0 Å². The number of halogens is 3. The third-order valence-electron chi connectivity index (χ3n) is 1.97. The maximum atomic E-state index is 12.7. The predicted octanol–water partition coefficient (Wildman–Crippen LogP) is 2.85. The molecule has 0 N–H and O–H groups in total. The fraction of sp³-hybridized carbons (Fsp3) is 0.300. The molecule has 0 aliphatic rings.